The zero-order chi connectivity index (χ0) is 20.1. The molecule has 0 aliphatic heterocycles. The van der Waals surface area contributed by atoms with Crippen molar-refractivity contribution in [3.05, 3.63) is 24.0 Å². The summed E-state index contributed by atoms with van der Waals surface area (Å²) in [4.78, 5) is 34.6. The molecule has 2 N–H and O–H groups in total. The Kier molecular flexibility index (Phi) is 10.7. The van der Waals surface area contributed by atoms with Gasteiger partial charge in [-0.25, -0.2) is 0 Å². The second kappa shape index (κ2) is 12.8. The Hall–Kier alpha value is -2.51. The number of hydrogen-bond acceptors (Lipinski definition) is 5. The quantitative estimate of drug-likeness (QED) is 0.399. The van der Waals surface area contributed by atoms with E-state index in [1.54, 1.807) is 18.5 Å². The fourth-order valence-electron chi connectivity index (χ4n) is 2.18. The number of nitrogens with one attached hydrogen (secondary N) is 2. The molecule has 0 radical (unpaired) electrons. The normalized spacial score (nSPS) is 11.1. The highest BCUT2D eigenvalue weighted by Crippen LogP contribution is 2.01. The minimum atomic E-state index is -0.253. The molecule has 0 aliphatic carbocycles. The Morgan fingerprint density at radius 3 is 2.63 bits per heavy atom. The van der Waals surface area contributed by atoms with E-state index in [1.165, 1.54) is 12.2 Å². The van der Waals surface area contributed by atoms with Crippen LogP contribution in [0.1, 0.15) is 52.1 Å². The molecule has 8 heteroatoms. The Morgan fingerprint density at radius 1 is 1.15 bits per heavy atom. The van der Waals surface area contributed by atoms with Crippen LogP contribution in [-0.2, 0) is 27.3 Å². The van der Waals surface area contributed by atoms with Gasteiger partial charge in [-0.3, -0.25) is 19.1 Å². The molecule has 1 heterocycles. The number of carbonyl (C=O) groups is 3. The molecule has 150 valence electrons. The number of unbranched alkanes of at least 4 members (excludes halogenated alkanes) is 1. The van der Waals surface area contributed by atoms with Gasteiger partial charge in [0.1, 0.15) is 0 Å². The molecule has 0 aromatic carbocycles. The molecule has 0 saturated carbocycles. The molecule has 2 amide bonds. The van der Waals surface area contributed by atoms with E-state index < -0.39 is 0 Å². The maximum absolute atomic E-state index is 11.6. The van der Waals surface area contributed by atoms with Crippen LogP contribution in [0.2, 0.25) is 0 Å². The SMILES string of the molecule is CCCNC(=O)CCn1cc(CCCCNC(=O)/C=C/C(=O)C(C)C)nn1. The topological polar surface area (TPSA) is 106 Å². The van der Waals surface area contributed by atoms with E-state index in [-0.39, 0.29) is 23.5 Å². The van der Waals surface area contributed by atoms with Gasteiger partial charge in [-0.15, -0.1) is 5.10 Å². The summed E-state index contributed by atoms with van der Waals surface area (Å²) in [5.74, 6) is -0.394. The maximum atomic E-state index is 11.6. The molecule has 0 unspecified atom stereocenters. The summed E-state index contributed by atoms with van der Waals surface area (Å²) >= 11 is 0. The molecule has 1 aromatic rings. The summed E-state index contributed by atoms with van der Waals surface area (Å²) < 4.78 is 1.68. The highest BCUT2D eigenvalue weighted by Gasteiger charge is 2.05. The summed E-state index contributed by atoms with van der Waals surface area (Å²) in [5, 5.41) is 13.7. The number of aromatic nitrogens is 3. The average molecular weight is 377 g/mol. The van der Waals surface area contributed by atoms with Crippen LogP contribution in [0.4, 0.5) is 0 Å². The van der Waals surface area contributed by atoms with Crippen molar-refractivity contribution in [2.24, 2.45) is 5.92 Å². The summed E-state index contributed by atoms with van der Waals surface area (Å²) in [6, 6.07) is 0. The summed E-state index contributed by atoms with van der Waals surface area (Å²) in [6.07, 6.45) is 8.21. The average Bonchev–Trinajstić information content (AvgIpc) is 3.10. The van der Waals surface area contributed by atoms with Crippen molar-refractivity contribution in [1.82, 2.24) is 25.6 Å². The second-order valence-electron chi connectivity index (χ2n) is 6.71. The van der Waals surface area contributed by atoms with E-state index in [2.05, 4.69) is 20.9 Å². The standard InChI is InChI=1S/C19H31N5O3/c1-4-11-20-19(27)10-13-24-14-16(22-23-24)7-5-6-12-21-18(26)9-8-17(25)15(2)3/h8-9,14-15H,4-7,10-13H2,1-3H3,(H,20,27)(H,21,26)/b9-8+. The third-order valence-electron chi connectivity index (χ3n) is 3.85. The van der Waals surface area contributed by atoms with Crippen LogP contribution in [0.3, 0.4) is 0 Å². The number of rotatable bonds is 13. The van der Waals surface area contributed by atoms with Gasteiger partial charge in [0.25, 0.3) is 0 Å². The first kappa shape index (κ1) is 22.5. The van der Waals surface area contributed by atoms with E-state index in [0.717, 1.165) is 31.4 Å². The highest BCUT2D eigenvalue weighted by atomic mass is 16.2. The lowest BCUT2D eigenvalue weighted by Gasteiger charge is -2.03. The fourth-order valence-corrected chi connectivity index (χ4v) is 2.18. The molecule has 27 heavy (non-hydrogen) atoms. The number of amides is 2. The van der Waals surface area contributed by atoms with E-state index in [4.69, 9.17) is 0 Å². The molecule has 0 aliphatic rings. The molecule has 0 fully saturated rings. The Morgan fingerprint density at radius 2 is 1.93 bits per heavy atom. The number of allylic oxidation sites excluding steroid dienone is 1. The zero-order valence-electron chi connectivity index (χ0n) is 16.5. The van der Waals surface area contributed by atoms with Crippen molar-refractivity contribution < 1.29 is 14.4 Å². The van der Waals surface area contributed by atoms with E-state index >= 15 is 0 Å². The van der Waals surface area contributed by atoms with Crippen LogP contribution in [0, 0.1) is 5.92 Å². The first-order valence-corrected chi connectivity index (χ1v) is 9.57. The number of carbonyl (C=O) groups excluding carboxylic acids is 3. The van der Waals surface area contributed by atoms with Crippen LogP contribution in [-0.4, -0.2) is 45.7 Å². The van der Waals surface area contributed by atoms with Gasteiger partial charge in [0.05, 0.1) is 12.2 Å². The molecule has 0 saturated heterocycles. The van der Waals surface area contributed by atoms with Crippen LogP contribution in [0.5, 0.6) is 0 Å². The molecule has 8 nitrogen and oxygen atoms in total. The van der Waals surface area contributed by atoms with Crippen LogP contribution >= 0.6 is 0 Å². The molecule has 1 rings (SSSR count). The molecule has 0 spiro atoms. The lowest BCUT2D eigenvalue weighted by atomic mass is 10.1. The molecule has 0 atom stereocenters. The predicted molar refractivity (Wildman–Crippen MR) is 103 cm³/mol. The number of aryl methyl sites for hydroxylation is 2. The van der Waals surface area contributed by atoms with Gasteiger partial charge in [-0.1, -0.05) is 26.0 Å². The second-order valence-corrected chi connectivity index (χ2v) is 6.71. The third kappa shape index (κ3) is 10.3. The van der Waals surface area contributed by atoms with Gasteiger partial charge in [-0.2, -0.15) is 0 Å². The lowest BCUT2D eigenvalue weighted by molar-refractivity contribution is -0.121. The summed E-state index contributed by atoms with van der Waals surface area (Å²) in [7, 11) is 0. The fraction of sp³-hybridized carbons (Fsp3) is 0.632. The van der Waals surface area contributed by atoms with Crippen LogP contribution < -0.4 is 10.6 Å². The van der Waals surface area contributed by atoms with Crippen molar-refractivity contribution in [2.75, 3.05) is 13.1 Å². The minimum Gasteiger partial charge on any atom is -0.356 e. The van der Waals surface area contributed by atoms with E-state index in [0.29, 0.717) is 26.1 Å². The number of ketones is 1. The van der Waals surface area contributed by atoms with Crippen molar-refractivity contribution in [3.8, 4) is 0 Å². The van der Waals surface area contributed by atoms with Crippen molar-refractivity contribution >= 4 is 17.6 Å². The minimum absolute atomic E-state index is 0.0220. The Labute approximate surface area is 160 Å². The largest absolute Gasteiger partial charge is 0.356 e. The zero-order valence-corrected chi connectivity index (χ0v) is 16.5. The van der Waals surface area contributed by atoms with Crippen LogP contribution in [0.15, 0.2) is 18.3 Å². The van der Waals surface area contributed by atoms with Gasteiger partial charge in [0.2, 0.25) is 11.8 Å². The molecule has 1 aromatic heterocycles. The first-order chi connectivity index (χ1) is 12.9. The number of nitrogens with zero attached hydrogens (tertiary/aromatic N) is 3. The summed E-state index contributed by atoms with van der Waals surface area (Å²) in [6.45, 7) is 7.36. The van der Waals surface area contributed by atoms with Crippen molar-refractivity contribution in [3.63, 3.8) is 0 Å². The molecular formula is C19H31N5O3. The van der Waals surface area contributed by atoms with Gasteiger partial charge >= 0.3 is 0 Å². The molecular weight excluding hydrogens is 346 g/mol. The van der Waals surface area contributed by atoms with Gasteiger partial charge in [0, 0.05) is 37.7 Å². The van der Waals surface area contributed by atoms with Crippen molar-refractivity contribution in [1.29, 1.82) is 0 Å². The van der Waals surface area contributed by atoms with E-state index in [1.807, 2.05) is 13.1 Å². The van der Waals surface area contributed by atoms with Crippen LogP contribution in [0.25, 0.3) is 0 Å². The monoisotopic (exact) mass is 377 g/mol. The lowest BCUT2D eigenvalue weighted by Crippen LogP contribution is -2.25. The Bertz CT molecular complexity index is 637. The predicted octanol–water partition coefficient (Wildman–Crippen LogP) is 1.41. The van der Waals surface area contributed by atoms with Gasteiger partial charge < -0.3 is 10.6 Å². The highest BCUT2D eigenvalue weighted by molar-refractivity contribution is 5.98. The smallest absolute Gasteiger partial charge is 0.244 e. The van der Waals surface area contributed by atoms with Gasteiger partial charge in [-0.05, 0) is 31.8 Å². The van der Waals surface area contributed by atoms with Crippen molar-refractivity contribution in [2.45, 2.75) is 59.4 Å². The number of hydrogen-bond donors (Lipinski definition) is 2. The molecule has 0 bridgehead atoms. The van der Waals surface area contributed by atoms with E-state index in [9.17, 15) is 14.4 Å². The first-order valence-electron chi connectivity index (χ1n) is 9.57. The summed E-state index contributed by atoms with van der Waals surface area (Å²) in [5.41, 5.74) is 0.873. The third-order valence-corrected chi connectivity index (χ3v) is 3.85. The maximum Gasteiger partial charge on any atom is 0.244 e. The van der Waals surface area contributed by atoms with Gasteiger partial charge in [0.15, 0.2) is 5.78 Å². The Balaban J connectivity index is 2.17.